The van der Waals surface area contributed by atoms with Crippen molar-refractivity contribution < 1.29 is 0 Å². The first-order valence-corrected chi connectivity index (χ1v) is 5.34. The maximum Gasteiger partial charge on any atom is 0.123 e. The van der Waals surface area contributed by atoms with Crippen molar-refractivity contribution in [2.24, 2.45) is 0 Å². The number of nitrogens with two attached hydrogens (primary N) is 1. The van der Waals surface area contributed by atoms with E-state index in [0.717, 1.165) is 16.8 Å². The first kappa shape index (κ1) is 10.6. The number of anilines is 1. The molecule has 82 valence electrons. The maximum absolute atomic E-state index is 5.67. The van der Waals surface area contributed by atoms with E-state index >= 15 is 0 Å². The zero-order chi connectivity index (χ0) is 11.5. The van der Waals surface area contributed by atoms with Crippen molar-refractivity contribution in [1.29, 1.82) is 0 Å². The lowest BCUT2D eigenvalue weighted by Gasteiger charge is -2.07. The molecule has 0 amide bonds. The van der Waals surface area contributed by atoms with Crippen molar-refractivity contribution >= 4 is 5.82 Å². The average Bonchev–Trinajstić information content (AvgIpc) is 2.29. The second-order valence-corrected chi connectivity index (χ2v) is 4.09. The predicted molar refractivity (Wildman–Crippen MR) is 66.0 cm³/mol. The highest BCUT2D eigenvalue weighted by Crippen LogP contribution is 2.22. The summed E-state index contributed by atoms with van der Waals surface area (Å²) in [5.41, 5.74) is 8.97. The Morgan fingerprint density at radius 1 is 1.00 bits per heavy atom. The number of nitrogen functional groups attached to an aromatic ring is 1. The van der Waals surface area contributed by atoms with Gasteiger partial charge in [-0.3, -0.25) is 4.98 Å². The molecule has 0 saturated heterocycles. The number of hydrogen-bond acceptors (Lipinski definition) is 3. The van der Waals surface area contributed by atoms with Crippen molar-refractivity contribution in [2.75, 3.05) is 5.73 Å². The summed E-state index contributed by atoms with van der Waals surface area (Å²) in [6.45, 7) is 4.26. The molecule has 0 fully saturated rings. The Morgan fingerprint density at radius 3 is 2.25 bits per heavy atom. The van der Waals surface area contributed by atoms with Gasteiger partial charge in [0.2, 0.25) is 0 Å². The van der Waals surface area contributed by atoms with Gasteiger partial charge in [-0.05, 0) is 41.3 Å². The van der Waals surface area contributed by atoms with E-state index in [-0.39, 0.29) is 0 Å². The Morgan fingerprint density at radius 2 is 1.62 bits per heavy atom. The number of pyridine rings is 2. The van der Waals surface area contributed by atoms with Crippen LogP contribution in [0.15, 0.2) is 36.7 Å². The smallest absolute Gasteiger partial charge is 0.123 e. The van der Waals surface area contributed by atoms with Crippen LogP contribution in [0.3, 0.4) is 0 Å². The van der Waals surface area contributed by atoms with Gasteiger partial charge in [-0.2, -0.15) is 0 Å². The summed E-state index contributed by atoms with van der Waals surface area (Å²) in [6.07, 6.45) is 3.56. The Kier molecular flexibility index (Phi) is 2.86. The lowest BCUT2D eigenvalue weighted by molar-refractivity contribution is 0.823. The van der Waals surface area contributed by atoms with E-state index < -0.39 is 0 Å². The normalized spacial score (nSPS) is 10.7. The van der Waals surface area contributed by atoms with Crippen LogP contribution in [0.5, 0.6) is 0 Å². The molecule has 3 heteroatoms. The first-order chi connectivity index (χ1) is 7.66. The summed E-state index contributed by atoms with van der Waals surface area (Å²) in [5, 5.41) is 0. The highest BCUT2D eigenvalue weighted by atomic mass is 14.8. The highest BCUT2D eigenvalue weighted by molar-refractivity contribution is 5.65. The SMILES string of the molecule is CC(C)c1cc(-c2ccnc(N)c2)ccn1. The molecule has 2 N–H and O–H groups in total. The molecule has 0 aliphatic rings. The molecule has 0 aromatic carbocycles. The molecular weight excluding hydrogens is 198 g/mol. The summed E-state index contributed by atoms with van der Waals surface area (Å²) >= 11 is 0. The number of nitrogens with zero attached hydrogens (tertiary/aromatic N) is 2. The molecule has 3 nitrogen and oxygen atoms in total. The third kappa shape index (κ3) is 2.19. The second kappa shape index (κ2) is 4.31. The molecule has 0 bridgehead atoms. The van der Waals surface area contributed by atoms with Crippen molar-refractivity contribution in [3.05, 3.63) is 42.4 Å². The van der Waals surface area contributed by atoms with Crippen LogP contribution in [0.1, 0.15) is 25.5 Å². The van der Waals surface area contributed by atoms with E-state index in [1.165, 1.54) is 0 Å². The van der Waals surface area contributed by atoms with Gasteiger partial charge in [0.1, 0.15) is 5.82 Å². The molecule has 0 aliphatic heterocycles. The fraction of sp³-hybridized carbons (Fsp3) is 0.231. The zero-order valence-electron chi connectivity index (χ0n) is 9.51. The molecule has 0 spiro atoms. The highest BCUT2D eigenvalue weighted by Gasteiger charge is 2.03. The molecule has 2 aromatic heterocycles. The van der Waals surface area contributed by atoms with Crippen LogP contribution in [0.25, 0.3) is 11.1 Å². The fourth-order valence-corrected chi connectivity index (χ4v) is 1.57. The van der Waals surface area contributed by atoms with Gasteiger partial charge < -0.3 is 5.73 Å². The number of rotatable bonds is 2. The van der Waals surface area contributed by atoms with Crippen LogP contribution in [-0.4, -0.2) is 9.97 Å². The molecule has 0 aliphatic carbocycles. The zero-order valence-corrected chi connectivity index (χ0v) is 9.51. The fourth-order valence-electron chi connectivity index (χ4n) is 1.57. The monoisotopic (exact) mass is 213 g/mol. The van der Waals surface area contributed by atoms with E-state index in [0.29, 0.717) is 11.7 Å². The van der Waals surface area contributed by atoms with Crippen molar-refractivity contribution in [3.8, 4) is 11.1 Å². The van der Waals surface area contributed by atoms with Gasteiger partial charge in [0.25, 0.3) is 0 Å². The van der Waals surface area contributed by atoms with E-state index in [9.17, 15) is 0 Å². The summed E-state index contributed by atoms with van der Waals surface area (Å²) < 4.78 is 0. The Hall–Kier alpha value is -1.90. The van der Waals surface area contributed by atoms with Crippen molar-refractivity contribution in [3.63, 3.8) is 0 Å². The predicted octanol–water partition coefficient (Wildman–Crippen LogP) is 2.85. The minimum absolute atomic E-state index is 0.430. The molecule has 0 atom stereocenters. The van der Waals surface area contributed by atoms with Crippen LogP contribution >= 0.6 is 0 Å². The average molecular weight is 213 g/mol. The molecular formula is C13H15N3. The summed E-state index contributed by atoms with van der Waals surface area (Å²) in [7, 11) is 0. The molecule has 0 radical (unpaired) electrons. The Balaban J connectivity index is 2.44. The molecule has 0 saturated carbocycles. The maximum atomic E-state index is 5.67. The molecule has 2 aromatic rings. The van der Waals surface area contributed by atoms with Gasteiger partial charge >= 0.3 is 0 Å². The van der Waals surface area contributed by atoms with E-state index in [1.54, 1.807) is 6.20 Å². The van der Waals surface area contributed by atoms with Gasteiger partial charge in [0.05, 0.1) is 0 Å². The lowest BCUT2D eigenvalue weighted by atomic mass is 10.0. The van der Waals surface area contributed by atoms with Gasteiger partial charge in [-0.25, -0.2) is 4.98 Å². The first-order valence-electron chi connectivity index (χ1n) is 5.34. The van der Waals surface area contributed by atoms with E-state index in [2.05, 4.69) is 29.9 Å². The van der Waals surface area contributed by atoms with Crippen LogP contribution < -0.4 is 5.73 Å². The number of hydrogen-bond donors (Lipinski definition) is 1. The largest absolute Gasteiger partial charge is 0.384 e. The quantitative estimate of drug-likeness (QED) is 0.834. The van der Waals surface area contributed by atoms with Gasteiger partial charge in [0, 0.05) is 18.1 Å². The third-order valence-electron chi connectivity index (χ3n) is 2.49. The van der Waals surface area contributed by atoms with Gasteiger partial charge in [-0.15, -0.1) is 0 Å². The van der Waals surface area contributed by atoms with Crippen LogP contribution in [0.2, 0.25) is 0 Å². The van der Waals surface area contributed by atoms with Gasteiger partial charge in [0.15, 0.2) is 0 Å². The second-order valence-electron chi connectivity index (χ2n) is 4.09. The van der Waals surface area contributed by atoms with Gasteiger partial charge in [-0.1, -0.05) is 13.8 Å². The molecule has 2 rings (SSSR count). The summed E-state index contributed by atoms with van der Waals surface area (Å²) in [4.78, 5) is 8.32. The third-order valence-corrected chi connectivity index (χ3v) is 2.49. The number of aromatic nitrogens is 2. The van der Waals surface area contributed by atoms with E-state index in [1.807, 2.05) is 24.4 Å². The van der Waals surface area contributed by atoms with E-state index in [4.69, 9.17) is 5.73 Å². The van der Waals surface area contributed by atoms with Crippen LogP contribution in [0, 0.1) is 0 Å². The minimum Gasteiger partial charge on any atom is -0.384 e. The summed E-state index contributed by atoms with van der Waals surface area (Å²) in [5.74, 6) is 0.972. The minimum atomic E-state index is 0.430. The Bertz CT molecular complexity index is 492. The topological polar surface area (TPSA) is 51.8 Å². The van der Waals surface area contributed by atoms with Crippen molar-refractivity contribution in [1.82, 2.24) is 9.97 Å². The van der Waals surface area contributed by atoms with Crippen LogP contribution in [0.4, 0.5) is 5.82 Å². The van der Waals surface area contributed by atoms with Crippen LogP contribution in [-0.2, 0) is 0 Å². The molecule has 2 heterocycles. The Labute approximate surface area is 95.4 Å². The summed E-state index contributed by atoms with van der Waals surface area (Å²) in [6, 6.07) is 7.91. The standard InChI is InChI=1S/C13H15N3/c1-9(2)12-7-10(3-5-15-12)11-4-6-16-13(14)8-11/h3-9H,1-2H3,(H2,14,16). The lowest BCUT2D eigenvalue weighted by Crippen LogP contribution is -1.93. The van der Waals surface area contributed by atoms with Crippen molar-refractivity contribution in [2.45, 2.75) is 19.8 Å². The molecule has 16 heavy (non-hydrogen) atoms. The molecule has 0 unspecified atom stereocenters.